The Bertz CT molecular complexity index is 1220. The van der Waals surface area contributed by atoms with Crippen molar-refractivity contribution in [3.63, 3.8) is 0 Å². The minimum absolute atomic E-state index is 0.0911. The number of hydrogen-bond donors (Lipinski definition) is 3. The normalized spacial score (nSPS) is 19.3. The Labute approximate surface area is 220 Å². The molecule has 3 aromatic carbocycles. The summed E-state index contributed by atoms with van der Waals surface area (Å²) in [5.74, 6) is 0.796. The zero-order valence-corrected chi connectivity index (χ0v) is 21.9. The number of aliphatic hydroxyl groups is 1. The topological polar surface area (TPSA) is 70.6 Å². The minimum atomic E-state index is -0.757. The molecule has 3 N–H and O–H groups in total. The van der Waals surface area contributed by atoms with E-state index >= 15 is 0 Å². The minimum Gasteiger partial charge on any atom is -0.487 e. The summed E-state index contributed by atoms with van der Waals surface area (Å²) in [5, 5.41) is 18.2. The summed E-state index contributed by atoms with van der Waals surface area (Å²) in [6.45, 7) is 4.51. The number of nitrogens with one attached hydrogen (secondary N) is 2. The number of aliphatic hydroxyl groups excluding tert-OH is 1. The van der Waals surface area contributed by atoms with Gasteiger partial charge in [-0.15, -0.1) is 0 Å². The van der Waals surface area contributed by atoms with Gasteiger partial charge in [0.15, 0.2) is 0 Å². The van der Waals surface area contributed by atoms with Crippen LogP contribution < -0.4 is 15.4 Å². The molecule has 1 fully saturated rings. The first-order chi connectivity index (χ1) is 17.9. The van der Waals surface area contributed by atoms with Crippen LogP contribution in [0.4, 0.5) is 0 Å². The summed E-state index contributed by atoms with van der Waals surface area (Å²) in [6, 6.07) is 23.8. The van der Waals surface area contributed by atoms with Crippen molar-refractivity contribution in [3.05, 3.63) is 101 Å². The fourth-order valence-electron chi connectivity index (χ4n) is 5.59. The standard InChI is InChI=1S/C32H38N2O3/c1-3-23-13-14-30-26(18-23)28(20-32(37-30)15-8-16-32)33-21-29(35)27(19-24-10-5-4-6-11-24)34-31(36)25-12-7-9-22(2)17-25/h4-7,9-14,17-18,27-29,33,35H,3,8,15-16,19-21H2,1-2H3,(H,34,36)/t27-,28-,29+/m0/s1. The van der Waals surface area contributed by atoms with Gasteiger partial charge in [0.05, 0.1) is 12.1 Å². The number of fused-ring (bicyclic) bond motifs is 1. The molecular formula is C32H38N2O3. The van der Waals surface area contributed by atoms with Crippen LogP contribution in [0.1, 0.15) is 71.3 Å². The van der Waals surface area contributed by atoms with Crippen molar-refractivity contribution in [1.82, 2.24) is 10.6 Å². The second kappa shape index (κ2) is 11.1. The Kier molecular flexibility index (Phi) is 7.63. The number of aryl methyl sites for hydroxylation is 2. The van der Waals surface area contributed by atoms with Crippen LogP contribution in [-0.2, 0) is 12.8 Å². The molecule has 1 aliphatic heterocycles. The van der Waals surface area contributed by atoms with Gasteiger partial charge in [0.2, 0.25) is 0 Å². The summed E-state index contributed by atoms with van der Waals surface area (Å²) < 4.78 is 6.47. The lowest BCUT2D eigenvalue weighted by molar-refractivity contribution is -0.0382. The molecule has 1 aliphatic carbocycles. The molecule has 1 saturated carbocycles. The predicted octanol–water partition coefficient (Wildman–Crippen LogP) is 5.30. The van der Waals surface area contributed by atoms with E-state index < -0.39 is 12.1 Å². The quantitative estimate of drug-likeness (QED) is 0.375. The molecule has 5 rings (SSSR count). The SMILES string of the molecule is CCc1ccc2c(c1)[C@@H](NC[C@@H](O)[C@H](Cc1ccccc1)NC(=O)c1cccc(C)c1)CC1(CCC1)O2. The van der Waals surface area contributed by atoms with E-state index in [1.165, 1.54) is 17.5 Å². The third-order valence-corrected chi connectivity index (χ3v) is 7.96. The number of carbonyl (C=O) groups is 1. The van der Waals surface area contributed by atoms with Gasteiger partial charge in [-0.05, 0) is 68.4 Å². The third-order valence-electron chi connectivity index (χ3n) is 7.96. The summed E-state index contributed by atoms with van der Waals surface area (Å²) >= 11 is 0. The van der Waals surface area contributed by atoms with Crippen LogP contribution in [0, 0.1) is 6.92 Å². The molecule has 37 heavy (non-hydrogen) atoms. The average molecular weight is 499 g/mol. The molecular weight excluding hydrogens is 460 g/mol. The molecule has 2 aliphatic rings. The molecule has 5 heteroatoms. The second-order valence-corrected chi connectivity index (χ2v) is 10.7. The Balaban J connectivity index is 1.33. The van der Waals surface area contributed by atoms with Crippen molar-refractivity contribution in [1.29, 1.82) is 0 Å². The van der Waals surface area contributed by atoms with Crippen molar-refractivity contribution in [3.8, 4) is 5.75 Å². The largest absolute Gasteiger partial charge is 0.487 e. The zero-order chi connectivity index (χ0) is 25.8. The first-order valence-corrected chi connectivity index (χ1v) is 13.6. The molecule has 5 nitrogen and oxygen atoms in total. The molecule has 194 valence electrons. The van der Waals surface area contributed by atoms with Crippen LogP contribution in [0.15, 0.2) is 72.8 Å². The fourth-order valence-corrected chi connectivity index (χ4v) is 5.59. The van der Waals surface area contributed by atoms with E-state index in [1.54, 1.807) is 0 Å². The zero-order valence-electron chi connectivity index (χ0n) is 21.9. The van der Waals surface area contributed by atoms with Gasteiger partial charge in [0.1, 0.15) is 11.4 Å². The van der Waals surface area contributed by atoms with Gasteiger partial charge in [0, 0.05) is 30.1 Å². The molecule has 0 saturated heterocycles. The van der Waals surface area contributed by atoms with Crippen LogP contribution in [-0.4, -0.2) is 35.3 Å². The Morgan fingerprint density at radius 3 is 2.57 bits per heavy atom. The van der Waals surface area contributed by atoms with E-state index in [9.17, 15) is 9.90 Å². The van der Waals surface area contributed by atoms with Crippen molar-refractivity contribution >= 4 is 5.91 Å². The second-order valence-electron chi connectivity index (χ2n) is 10.7. The van der Waals surface area contributed by atoms with Gasteiger partial charge < -0.3 is 20.5 Å². The van der Waals surface area contributed by atoms with Gasteiger partial charge >= 0.3 is 0 Å². The monoisotopic (exact) mass is 498 g/mol. The first-order valence-electron chi connectivity index (χ1n) is 13.6. The maximum absolute atomic E-state index is 13.1. The highest BCUT2D eigenvalue weighted by Crippen LogP contribution is 2.49. The summed E-state index contributed by atoms with van der Waals surface area (Å²) in [4.78, 5) is 13.1. The number of rotatable bonds is 9. The van der Waals surface area contributed by atoms with Gasteiger partial charge in [-0.3, -0.25) is 4.79 Å². The highest BCUT2D eigenvalue weighted by atomic mass is 16.5. The van der Waals surface area contributed by atoms with Crippen LogP contribution in [0.3, 0.4) is 0 Å². The van der Waals surface area contributed by atoms with Crippen LogP contribution in [0.25, 0.3) is 0 Å². The van der Waals surface area contributed by atoms with E-state index in [0.717, 1.165) is 42.6 Å². The number of carbonyl (C=O) groups excluding carboxylic acids is 1. The van der Waals surface area contributed by atoms with Crippen molar-refractivity contribution in [2.24, 2.45) is 0 Å². The van der Waals surface area contributed by atoms with Gasteiger partial charge in [-0.25, -0.2) is 0 Å². The van der Waals surface area contributed by atoms with Crippen LogP contribution in [0.5, 0.6) is 5.75 Å². The molecule has 0 aromatic heterocycles. The van der Waals surface area contributed by atoms with Crippen molar-refractivity contribution in [2.45, 2.75) is 76.2 Å². The molecule has 3 aromatic rings. The molecule has 0 bridgehead atoms. The molecule has 0 unspecified atom stereocenters. The van der Waals surface area contributed by atoms with Crippen LogP contribution in [0.2, 0.25) is 0 Å². The highest BCUT2D eigenvalue weighted by molar-refractivity contribution is 5.94. The van der Waals surface area contributed by atoms with E-state index in [2.05, 4.69) is 35.8 Å². The molecule has 1 heterocycles. The lowest BCUT2D eigenvalue weighted by Crippen LogP contribution is -2.52. The number of hydrogen-bond acceptors (Lipinski definition) is 4. The molecule has 0 radical (unpaired) electrons. The Morgan fingerprint density at radius 2 is 1.86 bits per heavy atom. The van der Waals surface area contributed by atoms with Crippen LogP contribution >= 0.6 is 0 Å². The van der Waals surface area contributed by atoms with Crippen molar-refractivity contribution in [2.75, 3.05) is 6.54 Å². The molecule has 3 atom stereocenters. The molecule has 1 amide bonds. The number of amides is 1. The number of benzene rings is 3. The summed E-state index contributed by atoms with van der Waals surface area (Å²) in [5.41, 5.74) is 5.08. The van der Waals surface area contributed by atoms with E-state index in [-0.39, 0.29) is 17.6 Å². The lowest BCUT2D eigenvalue weighted by atomic mass is 9.72. The maximum Gasteiger partial charge on any atom is 0.251 e. The van der Waals surface area contributed by atoms with Gasteiger partial charge in [-0.1, -0.05) is 67.1 Å². The summed E-state index contributed by atoms with van der Waals surface area (Å²) in [7, 11) is 0. The van der Waals surface area contributed by atoms with Gasteiger partial charge in [-0.2, -0.15) is 0 Å². The van der Waals surface area contributed by atoms with E-state index in [1.807, 2.05) is 61.5 Å². The third kappa shape index (κ3) is 5.89. The average Bonchev–Trinajstić information content (AvgIpc) is 2.90. The highest BCUT2D eigenvalue weighted by Gasteiger charge is 2.45. The predicted molar refractivity (Wildman–Crippen MR) is 147 cm³/mol. The Morgan fingerprint density at radius 1 is 1.05 bits per heavy atom. The maximum atomic E-state index is 13.1. The van der Waals surface area contributed by atoms with Crippen molar-refractivity contribution < 1.29 is 14.6 Å². The van der Waals surface area contributed by atoms with Gasteiger partial charge in [0.25, 0.3) is 5.91 Å². The molecule has 1 spiro atoms. The Hall–Kier alpha value is -3.15. The lowest BCUT2D eigenvalue weighted by Gasteiger charge is -2.48. The smallest absolute Gasteiger partial charge is 0.251 e. The first kappa shape index (κ1) is 25.5. The van der Waals surface area contributed by atoms with E-state index in [0.29, 0.717) is 18.5 Å². The number of ether oxygens (including phenoxy) is 1. The van der Waals surface area contributed by atoms with E-state index in [4.69, 9.17) is 4.74 Å². The fraction of sp³-hybridized carbons (Fsp3) is 0.406. The summed E-state index contributed by atoms with van der Waals surface area (Å²) in [6.07, 6.45) is 5.01.